The molecular formula is C14H25N3O3S. The van der Waals surface area contributed by atoms with Crippen LogP contribution in [-0.2, 0) is 16.6 Å². The molecule has 0 amide bonds. The third-order valence-corrected chi connectivity index (χ3v) is 5.61. The Morgan fingerprint density at radius 2 is 2.05 bits per heavy atom. The van der Waals surface area contributed by atoms with Crippen LogP contribution in [0.25, 0.3) is 0 Å². The van der Waals surface area contributed by atoms with Gasteiger partial charge in [-0.25, -0.2) is 18.1 Å². The van der Waals surface area contributed by atoms with Gasteiger partial charge in [0.1, 0.15) is 5.82 Å². The lowest BCUT2D eigenvalue weighted by molar-refractivity contribution is 0.142. The monoisotopic (exact) mass is 315 g/mol. The zero-order valence-corrected chi connectivity index (χ0v) is 13.6. The van der Waals surface area contributed by atoms with Gasteiger partial charge in [-0.15, -0.1) is 0 Å². The number of sulfonamides is 1. The van der Waals surface area contributed by atoms with E-state index in [-0.39, 0.29) is 11.6 Å². The first-order valence-electron chi connectivity index (χ1n) is 7.61. The Hall–Kier alpha value is -0.920. The van der Waals surface area contributed by atoms with Crippen LogP contribution in [0.4, 0.5) is 0 Å². The van der Waals surface area contributed by atoms with Crippen LogP contribution < -0.4 is 4.72 Å². The highest BCUT2D eigenvalue weighted by Crippen LogP contribution is 2.29. The fourth-order valence-electron chi connectivity index (χ4n) is 2.93. The molecule has 0 aliphatic heterocycles. The first-order chi connectivity index (χ1) is 9.92. The van der Waals surface area contributed by atoms with Gasteiger partial charge in [0.05, 0.1) is 12.1 Å². The molecule has 1 aromatic heterocycles. The lowest BCUT2D eigenvalue weighted by Crippen LogP contribution is -2.52. The molecule has 1 fully saturated rings. The van der Waals surface area contributed by atoms with Crippen LogP contribution >= 0.6 is 0 Å². The Labute approximate surface area is 126 Å². The molecule has 1 aromatic rings. The summed E-state index contributed by atoms with van der Waals surface area (Å²) in [5.74, 6) is 0.693. The van der Waals surface area contributed by atoms with Gasteiger partial charge in [-0.2, -0.15) is 0 Å². The van der Waals surface area contributed by atoms with Crippen LogP contribution in [0, 0.1) is 6.92 Å². The topological polar surface area (TPSA) is 84.2 Å². The van der Waals surface area contributed by atoms with E-state index in [4.69, 9.17) is 0 Å². The quantitative estimate of drug-likeness (QED) is 0.834. The van der Waals surface area contributed by atoms with Crippen molar-refractivity contribution in [1.82, 2.24) is 14.3 Å². The summed E-state index contributed by atoms with van der Waals surface area (Å²) < 4.78 is 29.6. The molecule has 1 saturated carbocycles. The van der Waals surface area contributed by atoms with Crippen molar-refractivity contribution in [3.05, 3.63) is 12.0 Å². The zero-order chi connectivity index (χ0) is 15.5. The molecule has 0 unspecified atom stereocenters. The van der Waals surface area contributed by atoms with E-state index in [1.54, 1.807) is 13.1 Å². The minimum atomic E-state index is -3.69. The van der Waals surface area contributed by atoms with Crippen molar-refractivity contribution in [2.75, 3.05) is 6.61 Å². The van der Waals surface area contributed by atoms with Crippen LogP contribution in [-0.4, -0.2) is 35.2 Å². The van der Waals surface area contributed by atoms with Crippen LogP contribution in [0.1, 0.15) is 51.3 Å². The van der Waals surface area contributed by atoms with Crippen molar-refractivity contribution in [2.45, 2.75) is 69.5 Å². The maximum Gasteiger partial charge on any atom is 0.260 e. The van der Waals surface area contributed by atoms with Crippen LogP contribution in [0.15, 0.2) is 11.2 Å². The summed E-state index contributed by atoms with van der Waals surface area (Å²) in [6.07, 6.45) is 6.82. The minimum absolute atomic E-state index is 0.0480. The Morgan fingerprint density at radius 3 is 2.62 bits per heavy atom. The van der Waals surface area contributed by atoms with Crippen LogP contribution in [0.3, 0.4) is 0 Å². The second-order valence-electron chi connectivity index (χ2n) is 5.92. The third-order valence-electron chi connectivity index (χ3n) is 4.16. The standard InChI is InChI=1S/C14H25N3O3S/c1-3-9-17-10-13(15-12(17)2)21(19,20)16-14(11-18)7-5-4-6-8-14/h10,16,18H,3-9,11H2,1-2H3. The Bertz CT molecular complexity index is 574. The Kier molecular flexibility index (Phi) is 5.06. The molecule has 0 atom stereocenters. The molecule has 2 N–H and O–H groups in total. The maximum absolute atomic E-state index is 12.5. The summed E-state index contributed by atoms with van der Waals surface area (Å²) in [5.41, 5.74) is -0.723. The largest absolute Gasteiger partial charge is 0.394 e. The van der Waals surface area contributed by atoms with Gasteiger partial charge in [0.2, 0.25) is 0 Å². The molecule has 7 heteroatoms. The molecule has 0 aromatic carbocycles. The average molecular weight is 315 g/mol. The van der Waals surface area contributed by atoms with Gasteiger partial charge in [-0.1, -0.05) is 26.2 Å². The number of imidazole rings is 1. The molecular weight excluding hydrogens is 290 g/mol. The number of aliphatic hydroxyl groups is 1. The summed E-state index contributed by atoms with van der Waals surface area (Å²) in [4.78, 5) is 4.16. The number of hydrogen-bond acceptors (Lipinski definition) is 4. The maximum atomic E-state index is 12.5. The van der Waals surface area contributed by atoms with Gasteiger partial charge < -0.3 is 9.67 Å². The molecule has 0 bridgehead atoms. The summed E-state index contributed by atoms with van der Waals surface area (Å²) in [5, 5.41) is 9.69. The average Bonchev–Trinajstić information content (AvgIpc) is 2.82. The minimum Gasteiger partial charge on any atom is -0.394 e. The lowest BCUT2D eigenvalue weighted by Gasteiger charge is -2.35. The van der Waals surface area contributed by atoms with Crippen molar-refractivity contribution in [2.24, 2.45) is 0 Å². The van der Waals surface area contributed by atoms with E-state index < -0.39 is 15.6 Å². The first-order valence-corrected chi connectivity index (χ1v) is 9.09. The number of aromatic nitrogens is 2. The SMILES string of the molecule is CCCn1cc(S(=O)(=O)NC2(CO)CCCCC2)nc1C. The highest BCUT2D eigenvalue weighted by molar-refractivity contribution is 7.89. The number of hydrogen-bond donors (Lipinski definition) is 2. The van der Waals surface area contributed by atoms with E-state index in [0.717, 1.165) is 32.2 Å². The second kappa shape index (κ2) is 6.46. The van der Waals surface area contributed by atoms with E-state index in [1.807, 2.05) is 11.5 Å². The second-order valence-corrected chi connectivity index (χ2v) is 7.55. The molecule has 0 radical (unpaired) electrons. The van der Waals surface area contributed by atoms with Gasteiger partial charge in [-0.3, -0.25) is 0 Å². The predicted octanol–water partition coefficient (Wildman–Crippen LogP) is 1.58. The van der Waals surface area contributed by atoms with E-state index in [2.05, 4.69) is 9.71 Å². The molecule has 1 aliphatic rings. The number of nitrogens with one attached hydrogen (secondary N) is 1. The summed E-state index contributed by atoms with van der Waals surface area (Å²) >= 11 is 0. The highest BCUT2D eigenvalue weighted by Gasteiger charge is 2.36. The highest BCUT2D eigenvalue weighted by atomic mass is 32.2. The van der Waals surface area contributed by atoms with E-state index in [0.29, 0.717) is 18.7 Å². The molecule has 120 valence electrons. The van der Waals surface area contributed by atoms with E-state index in [9.17, 15) is 13.5 Å². The Morgan fingerprint density at radius 1 is 1.38 bits per heavy atom. The number of nitrogens with zero attached hydrogens (tertiary/aromatic N) is 2. The van der Waals surface area contributed by atoms with Crippen LogP contribution in [0.5, 0.6) is 0 Å². The van der Waals surface area contributed by atoms with Crippen molar-refractivity contribution in [3.8, 4) is 0 Å². The third kappa shape index (κ3) is 3.64. The molecule has 0 spiro atoms. The first kappa shape index (κ1) is 16.5. The van der Waals surface area contributed by atoms with Crippen molar-refractivity contribution in [3.63, 3.8) is 0 Å². The van der Waals surface area contributed by atoms with Crippen molar-refractivity contribution in [1.29, 1.82) is 0 Å². The van der Waals surface area contributed by atoms with Gasteiger partial charge in [0.25, 0.3) is 10.0 Å². The van der Waals surface area contributed by atoms with Crippen LogP contribution in [0.2, 0.25) is 0 Å². The normalized spacial score (nSPS) is 18.8. The fraction of sp³-hybridized carbons (Fsp3) is 0.786. The van der Waals surface area contributed by atoms with Gasteiger partial charge in [-0.05, 0) is 26.2 Å². The Balaban J connectivity index is 2.23. The summed E-state index contributed by atoms with van der Waals surface area (Å²) in [6.45, 7) is 4.42. The number of aliphatic hydroxyl groups excluding tert-OH is 1. The summed E-state index contributed by atoms with van der Waals surface area (Å²) in [6, 6.07) is 0. The molecule has 1 heterocycles. The lowest BCUT2D eigenvalue weighted by atomic mass is 9.83. The molecule has 0 saturated heterocycles. The smallest absolute Gasteiger partial charge is 0.260 e. The molecule has 1 aliphatic carbocycles. The van der Waals surface area contributed by atoms with E-state index >= 15 is 0 Å². The van der Waals surface area contributed by atoms with Crippen molar-refractivity contribution >= 4 is 10.0 Å². The van der Waals surface area contributed by atoms with Gasteiger partial charge in [0, 0.05) is 12.7 Å². The zero-order valence-electron chi connectivity index (χ0n) is 12.8. The number of rotatable bonds is 6. The predicted molar refractivity (Wildman–Crippen MR) is 80.5 cm³/mol. The summed E-state index contributed by atoms with van der Waals surface area (Å²) in [7, 11) is -3.69. The molecule has 21 heavy (non-hydrogen) atoms. The number of aryl methyl sites for hydroxylation is 2. The van der Waals surface area contributed by atoms with Gasteiger partial charge in [0.15, 0.2) is 5.03 Å². The molecule has 2 rings (SSSR count). The van der Waals surface area contributed by atoms with E-state index in [1.165, 1.54) is 0 Å². The van der Waals surface area contributed by atoms with Gasteiger partial charge >= 0.3 is 0 Å². The van der Waals surface area contributed by atoms with Crippen molar-refractivity contribution < 1.29 is 13.5 Å². The fourth-order valence-corrected chi connectivity index (χ4v) is 4.40. The molecule has 6 nitrogen and oxygen atoms in total.